The van der Waals surface area contributed by atoms with E-state index in [4.69, 9.17) is 5.11 Å². The van der Waals surface area contributed by atoms with Crippen LogP contribution in [0.5, 0.6) is 0 Å². The fraction of sp³-hybridized carbons (Fsp3) is 0.333. The van der Waals surface area contributed by atoms with Gasteiger partial charge in [0.25, 0.3) is 0 Å². The summed E-state index contributed by atoms with van der Waals surface area (Å²) in [6, 6.07) is 8.03. The first-order chi connectivity index (χ1) is 9.02. The second-order valence-electron chi connectivity index (χ2n) is 4.84. The average molecular weight is 258 g/mol. The maximum absolute atomic E-state index is 11.1. The fourth-order valence-electron chi connectivity index (χ4n) is 1.99. The molecule has 0 fully saturated rings. The number of hydrogen-bond donors (Lipinski definition) is 1. The predicted octanol–water partition coefficient (Wildman–Crippen LogP) is 3.26. The van der Waals surface area contributed by atoms with Crippen LogP contribution in [-0.4, -0.2) is 20.9 Å². The van der Waals surface area contributed by atoms with Crippen LogP contribution < -0.4 is 0 Å². The summed E-state index contributed by atoms with van der Waals surface area (Å²) in [5, 5.41) is 13.5. The Bertz CT molecular complexity index is 583. The van der Waals surface area contributed by atoms with E-state index in [0.717, 1.165) is 5.69 Å². The summed E-state index contributed by atoms with van der Waals surface area (Å²) in [6.45, 7) is 6.18. The van der Waals surface area contributed by atoms with Gasteiger partial charge < -0.3 is 5.11 Å². The van der Waals surface area contributed by atoms with Crippen molar-refractivity contribution in [1.82, 2.24) is 9.78 Å². The molecular formula is C15H18N2O2. The van der Waals surface area contributed by atoms with E-state index < -0.39 is 5.97 Å². The molecule has 19 heavy (non-hydrogen) atoms. The molecule has 0 bridgehead atoms. The third kappa shape index (κ3) is 2.67. The standard InChI is InChI=1S/C15H18N2O2/c1-4-14-13(15(18)19)9-17(16-14)12-7-5-11(6-8-12)10(2)3/h5-10H,4H2,1-3H3,(H,18,19). The molecule has 0 aliphatic rings. The Hall–Kier alpha value is -2.10. The monoisotopic (exact) mass is 258 g/mol. The van der Waals surface area contributed by atoms with Crippen molar-refractivity contribution in [3.05, 3.63) is 47.3 Å². The SMILES string of the molecule is CCc1nn(-c2ccc(C(C)C)cc2)cc1C(=O)O. The Kier molecular flexibility index (Phi) is 3.69. The number of hydrogen-bond acceptors (Lipinski definition) is 2. The third-order valence-electron chi connectivity index (χ3n) is 3.18. The number of carboxylic acid groups (broad SMARTS) is 1. The maximum atomic E-state index is 11.1. The molecular weight excluding hydrogens is 240 g/mol. The smallest absolute Gasteiger partial charge is 0.339 e. The topological polar surface area (TPSA) is 55.1 Å². The van der Waals surface area contributed by atoms with Gasteiger partial charge in [-0.25, -0.2) is 9.48 Å². The van der Waals surface area contributed by atoms with Crippen molar-refractivity contribution >= 4 is 5.97 Å². The first kappa shape index (κ1) is 13.3. The largest absolute Gasteiger partial charge is 0.478 e. The van der Waals surface area contributed by atoms with Crippen LogP contribution in [-0.2, 0) is 6.42 Å². The molecule has 0 saturated heterocycles. The van der Waals surface area contributed by atoms with E-state index in [9.17, 15) is 4.79 Å². The number of rotatable bonds is 4. The molecule has 1 aromatic heterocycles. The zero-order valence-electron chi connectivity index (χ0n) is 11.4. The minimum atomic E-state index is -0.929. The van der Waals surface area contributed by atoms with Crippen molar-refractivity contribution in [3.63, 3.8) is 0 Å². The highest BCUT2D eigenvalue weighted by molar-refractivity contribution is 5.88. The average Bonchev–Trinajstić information content (AvgIpc) is 2.83. The van der Waals surface area contributed by atoms with E-state index in [0.29, 0.717) is 18.0 Å². The summed E-state index contributed by atoms with van der Waals surface area (Å²) < 4.78 is 1.63. The van der Waals surface area contributed by atoms with Gasteiger partial charge in [-0.05, 0) is 30.0 Å². The van der Waals surface area contributed by atoms with Crippen LogP contribution in [0.15, 0.2) is 30.5 Å². The highest BCUT2D eigenvalue weighted by atomic mass is 16.4. The van der Waals surface area contributed by atoms with Crippen molar-refractivity contribution in [2.45, 2.75) is 33.1 Å². The first-order valence-corrected chi connectivity index (χ1v) is 6.45. The van der Waals surface area contributed by atoms with Gasteiger partial charge in [0.2, 0.25) is 0 Å². The first-order valence-electron chi connectivity index (χ1n) is 6.45. The van der Waals surface area contributed by atoms with Gasteiger partial charge in [0.05, 0.1) is 11.4 Å². The zero-order chi connectivity index (χ0) is 14.0. The highest BCUT2D eigenvalue weighted by Gasteiger charge is 2.14. The quantitative estimate of drug-likeness (QED) is 0.915. The number of aromatic nitrogens is 2. The second kappa shape index (κ2) is 5.26. The molecule has 4 heteroatoms. The van der Waals surface area contributed by atoms with Gasteiger partial charge in [-0.2, -0.15) is 5.10 Å². The van der Waals surface area contributed by atoms with Crippen LogP contribution in [0.4, 0.5) is 0 Å². The van der Waals surface area contributed by atoms with E-state index in [1.54, 1.807) is 10.9 Å². The molecule has 0 radical (unpaired) electrons. The van der Waals surface area contributed by atoms with Gasteiger partial charge in [0, 0.05) is 6.20 Å². The number of carboxylic acids is 1. The minimum absolute atomic E-state index is 0.274. The second-order valence-corrected chi connectivity index (χ2v) is 4.84. The maximum Gasteiger partial charge on any atom is 0.339 e. The van der Waals surface area contributed by atoms with Gasteiger partial charge >= 0.3 is 5.97 Å². The van der Waals surface area contributed by atoms with Crippen molar-refractivity contribution < 1.29 is 9.90 Å². The summed E-state index contributed by atoms with van der Waals surface area (Å²) in [7, 11) is 0. The van der Waals surface area contributed by atoms with Gasteiger partial charge in [0.1, 0.15) is 5.56 Å². The van der Waals surface area contributed by atoms with Crippen LogP contribution in [0.25, 0.3) is 5.69 Å². The number of benzene rings is 1. The zero-order valence-corrected chi connectivity index (χ0v) is 11.4. The summed E-state index contributed by atoms with van der Waals surface area (Å²) in [5.74, 6) is -0.450. The van der Waals surface area contributed by atoms with E-state index in [2.05, 4.69) is 18.9 Å². The van der Waals surface area contributed by atoms with E-state index in [1.165, 1.54) is 5.56 Å². The lowest BCUT2D eigenvalue weighted by Gasteiger charge is -2.06. The van der Waals surface area contributed by atoms with Crippen molar-refractivity contribution in [3.8, 4) is 5.69 Å². The summed E-state index contributed by atoms with van der Waals surface area (Å²) in [5.41, 5.74) is 3.02. The van der Waals surface area contributed by atoms with Crippen LogP contribution in [0.1, 0.15) is 48.3 Å². The molecule has 0 amide bonds. The molecule has 0 saturated carbocycles. The molecule has 2 rings (SSSR count). The van der Waals surface area contributed by atoms with E-state index in [1.807, 2.05) is 31.2 Å². The molecule has 2 aromatic rings. The fourth-order valence-corrected chi connectivity index (χ4v) is 1.99. The van der Waals surface area contributed by atoms with Gasteiger partial charge in [-0.15, -0.1) is 0 Å². The van der Waals surface area contributed by atoms with Crippen LogP contribution in [0.3, 0.4) is 0 Å². The number of nitrogens with zero attached hydrogens (tertiary/aromatic N) is 2. The van der Waals surface area contributed by atoms with Crippen molar-refractivity contribution in [2.75, 3.05) is 0 Å². The Morgan fingerprint density at radius 1 is 1.32 bits per heavy atom. The molecule has 0 aliphatic carbocycles. The van der Waals surface area contributed by atoms with Gasteiger partial charge in [-0.3, -0.25) is 0 Å². The summed E-state index contributed by atoms with van der Waals surface area (Å²) in [4.78, 5) is 11.1. The molecule has 4 nitrogen and oxygen atoms in total. The molecule has 1 aromatic carbocycles. The van der Waals surface area contributed by atoms with Gasteiger partial charge in [-0.1, -0.05) is 32.9 Å². The van der Waals surface area contributed by atoms with Crippen molar-refractivity contribution in [2.24, 2.45) is 0 Å². The summed E-state index contributed by atoms with van der Waals surface area (Å²) >= 11 is 0. The molecule has 0 unspecified atom stereocenters. The molecule has 0 spiro atoms. The molecule has 0 aliphatic heterocycles. The van der Waals surface area contributed by atoms with Crippen molar-refractivity contribution in [1.29, 1.82) is 0 Å². The Balaban J connectivity index is 2.39. The predicted molar refractivity (Wildman–Crippen MR) is 74.0 cm³/mol. The Morgan fingerprint density at radius 3 is 2.37 bits per heavy atom. The van der Waals surface area contributed by atoms with Gasteiger partial charge in [0.15, 0.2) is 0 Å². The number of carbonyl (C=O) groups is 1. The Morgan fingerprint density at radius 2 is 1.95 bits per heavy atom. The molecule has 1 N–H and O–H groups in total. The molecule has 0 atom stereocenters. The normalized spacial score (nSPS) is 10.9. The van der Waals surface area contributed by atoms with Crippen LogP contribution in [0.2, 0.25) is 0 Å². The van der Waals surface area contributed by atoms with E-state index in [-0.39, 0.29) is 5.56 Å². The lowest BCUT2D eigenvalue weighted by atomic mass is 10.0. The van der Waals surface area contributed by atoms with Crippen LogP contribution >= 0.6 is 0 Å². The lowest BCUT2D eigenvalue weighted by Crippen LogP contribution is -1.98. The number of aryl methyl sites for hydroxylation is 1. The lowest BCUT2D eigenvalue weighted by molar-refractivity contribution is 0.0695. The summed E-state index contributed by atoms with van der Waals surface area (Å²) in [6.07, 6.45) is 2.18. The molecule has 1 heterocycles. The minimum Gasteiger partial charge on any atom is -0.478 e. The van der Waals surface area contributed by atoms with E-state index >= 15 is 0 Å². The third-order valence-corrected chi connectivity index (χ3v) is 3.18. The Labute approximate surface area is 112 Å². The number of aromatic carboxylic acids is 1. The highest BCUT2D eigenvalue weighted by Crippen LogP contribution is 2.18. The molecule has 100 valence electrons. The van der Waals surface area contributed by atoms with Crippen LogP contribution in [0, 0.1) is 0 Å².